The molecule has 1 saturated heterocycles. The molecule has 110 valence electrons. The molecule has 6 nitrogen and oxygen atoms in total. The third-order valence-corrected chi connectivity index (χ3v) is 2.76. The van der Waals surface area contributed by atoms with Crippen molar-refractivity contribution in [3.8, 4) is 0 Å². The summed E-state index contributed by atoms with van der Waals surface area (Å²) in [7, 11) is 1.31. The van der Waals surface area contributed by atoms with Crippen LogP contribution >= 0.6 is 0 Å². The van der Waals surface area contributed by atoms with Gasteiger partial charge in [-0.3, -0.25) is 0 Å². The molecule has 19 heavy (non-hydrogen) atoms. The maximum absolute atomic E-state index is 12.0. The van der Waals surface area contributed by atoms with E-state index in [9.17, 15) is 9.59 Å². The Morgan fingerprint density at radius 3 is 2.58 bits per heavy atom. The Hall–Kier alpha value is -1.30. The largest absolute Gasteiger partial charge is 0.467 e. The van der Waals surface area contributed by atoms with Crippen LogP contribution in [0.3, 0.4) is 0 Å². The Balaban J connectivity index is 2.41. The van der Waals surface area contributed by atoms with Gasteiger partial charge in [-0.05, 0) is 33.6 Å². The Labute approximate surface area is 114 Å². The molecular formula is C13H23NO5. The van der Waals surface area contributed by atoms with Gasteiger partial charge in [0, 0.05) is 6.54 Å². The average molecular weight is 273 g/mol. The first-order chi connectivity index (χ1) is 8.83. The summed E-state index contributed by atoms with van der Waals surface area (Å²) in [4.78, 5) is 24.6. The third kappa shape index (κ3) is 5.46. The predicted octanol–water partition coefficient (Wildman–Crippen LogP) is 1.58. The number of carbonyl (C=O) groups excluding carboxylic acids is 2. The molecule has 1 rings (SSSR count). The molecule has 0 saturated carbocycles. The molecule has 0 aromatic heterocycles. The molecule has 0 radical (unpaired) electrons. The minimum atomic E-state index is -0.503. The molecule has 0 aromatic carbocycles. The van der Waals surface area contributed by atoms with Crippen LogP contribution in [0.2, 0.25) is 0 Å². The van der Waals surface area contributed by atoms with Gasteiger partial charge in [0.25, 0.3) is 0 Å². The molecule has 1 fully saturated rings. The Morgan fingerprint density at radius 1 is 1.32 bits per heavy atom. The zero-order chi connectivity index (χ0) is 14.5. The molecular weight excluding hydrogens is 250 g/mol. The molecule has 1 amide bonds. The van der Waals surface area contributed by atoms with E-state index in [-0.39, 0.29) is 18.7 Å². The van der Waals surface area contributed by atoms with Gasteiger partial charge in [-0.1, -0.05) is 0 Å². The maximum atomic E-state index is 12.0. The summed E-state index contributed by atoms with van der Waals surface area (Å²) in [5, 5.41) is 0. The number of methoxy groups -OCH3 is 1. The van der Waals surface area contributed by atoms with E-state index in [4.69, 9.17) is 9.47 Å². The van der Waals surface area contributed by atoms with Crippen LogP contribution in [0.25, 0.3) is 0 Å². The van der Waals surface area contributed by atoms with Crippen molar-refractivity contribution in [3.63, 3.8) is 0 Å². The third-order valence-electron chi connectivity index (χ3n) is 2.76. The normalized spacial score (nSPS) is 19.4. The molecule has 0 aromatic rings. The summed E-state index contributed by atoms with van der Waals surface area (Å²) in [6.45, 7) is 6.42. The minimum absolute atomic E-state index is 0.0282. The SMILES string of the molecule is COC(=O)COCC1CCCN1C(=O)OC(C)(C)C. The van der Waals surface area contributed by atoms with E-state index >= 15 is 0 Å². The van der Waals surface area contributed by atoms with Crippen LogP contribution in [0, 0.1) is 0 Å². The molecule has 1 aliphatic rings. The lowest BCUT2D eigenvalue weighted by molar-refractivity contribution is -0.146. The molecule has 1 aliphatic heterocycles. The summed E-state index contributed by atoms with van der Waals surface area (Å²) in [5.74, 6) is -0.415. The quantitative estimate of drug-likeness (QED) is 0.727. The second-order valence-electron chi connectivity index (χ2n) is 5.56. The van der Waals surface area contributed by atoms with Crippen LogP contribution < -0.4 is 0 Å². The molecule has 0 N–H and O–H groups in total. The molecule has 1 heterocycles. The van der Waals surface area contributed by atoms with Crippen molar-refractivity contribution in [3.05, 3.63) is 0 Å². The van der Waals surface area contributed by atoms with Crippen LogP contribution in [0.15, 0.2) is 0 Å². The van der Waals surface area contributed by atoms with E-state index in [1.807, 2.05) is 20.8 Å². The summed E-state index contributed by atoms with van der Waals surface area (Å²) in [6.07, 6.45) is 1.46. The molecule has 6 heteroatoms. The Morgan fingerprint density at radius 2 is 2.00 bits per heavy atom. The topological polar surface area (TPSA) is 65.1 Å². The highest BCUT2D eigenvalue weighted by atomic mass is 16.6. The van der Waals surface area contributed by atoms with Crippen LogP contribution in [0.1, 0.15) is 33.6 Å². The summed E-state index contributed by atoms with van der Waals surface area (Å²) in [6, 6.07) is -0.0282. The van der Waals surface area contributed by atoms with Gasteiger partial charge in [-0.15, -0.1) is 0 Å². The van der Waals surface area contributed by atoms with Gasteiger partial charge in [0.05, 0.1) is 19.8 Å². The molecule has 1 unspecified atom stereocenters. The van der Waals surface area contributed by atoms with Gasteiger partial charge in [0.2, 0.25) is 0 Å². The van der Waals surface area contributed by atoms with E-state index in [2.05, 4.69) is 4.74 Å². The van der Waals surface area contributed by atoms with Crippen LogP contribution in [-0.4, -0.2) is 55.5 Å². The highest BCUT2D eigenvalue weighted by Crippen LogP contribution is 2.20. The monoisotopic (exact) mass is 273 g/mol. The number of amides is 1. The molecule has 0 spiro atoms. The number of esters is 1. The highest BCUT2D eigenvalue weighted by Gasteiger charge is 2.32. The number of hydrogen-bond acceptors (Lipinski definition) is 5. The van der Waals surface area contributed by atoms with Crippen molar-refractivity contribution >= 4 is 12.1 Å². The van der Waals surface area contributed by atoms with E-state index in [0.717, 1.165) is 12.8 Å². The maximum Gasteiger partial charge on any atom is 0.410 e. The van der Waals surface area contributed by atoms with Crippen LogP contribution in [-0.2, 0) is 19.0 Å². The van der Waals surface area contributed by atoms with Crippen molar-refractivity contribution in [1.29, 1.82) is 0 Å². The minimum Gasteiger partial charge on any atom is -0.467 e. The first-order valence-corrected chi connectivity index (χ1v) is 6.47. The smallest absolute Gasteiger partial charge is 0.410 e. The summed E-state index contributed by atoms with van der Waals surface area (Å²) < 4.78 is 15.1. The summed E-state index contributed by atoms with van der Waals surface area (Å²) >= 11 is 0. The van der Waals surface area contributed by atoms with Crippen molar-refractivity contribution in [2.75, 3.05) is 26.9 Å². The van der Waals surface area contributed by atoms with E-state index < -0.39 is 11.6 Å². The first kappa shape index (κ1) is 15.8. The van der Waals surface area contributed by atoms with Gasteiger partial charge in [0.15, 0.2) is 0 Å². The molecule has 1 atom stereocenters. The fourth-order valence-electron chi connectivity index (χ4n) is 1.91. The second-order valence-corrected chi connectivity index (χ2v) is 5.56. The van der Waals surface area contributed by atoms with Crippen LogP contribution in [0.4, 0.5) is 4.79 Å². The number of likely N-dealkylation sites (tertiary alicyclic amines) is 1. The summed E-state index contributed by atoms with van der Waals surface area (Å²) in [5.41, 5.74) is -0.503. The lowest BCUT2D eigenvalue weighted by Crippen LogP contribution is -2.42. The van der Waals surface area contributed by atoms with E-state index in [0.29, 0.717) is 13.2 Å². The Kier molecular flexibility index (Phi) is 5.60. The van der Waals surface area contributed by atoms with Crippen LogP contribution in [0.5, 0.6) is 0 Å². The number of hydrogen-bond donors (Lipinski definition) is 0. The number of carbonyl (C=O) groups is 2. The van der Waals surface area contributed by atoms with E-state index in [1.165, 1.54) is 7.11 Å². The van der Waals surface area contributed by atoms with E-state index in [1.54, 1.807) is 4.90 Å². The fraction of sp³-hybridized carbons (Fsp3) is 0.846. The second kappa shape index (κ2) is 6.75. The predicted molar refractivity (Wildman–Crippen MR) is 68.8 cm³/mol. The van der Waals surface area contributed by atoms with Gasteiger partial charge in [-0.2, -0.15) is 0 Å². The number of ether oxygens (including phenoxy) is 3. The molecule has 0 aliphatic carbocycles. The number of rotatable bonds is 4. The first-order valence-electron chi connectivity index (χ1n) is 6.47. The van der Waals surface area contributed by atoms with Crippen molar-refractivity contribution in [2.45, 2.75) is 45.3 Å². The average Bonchev–Trinajstić information content (AvgIpc) is 2.75. The lowest BCUT2D eigenvalue weighted by Gasteiger charge is -2.28. The van der Waals surface area contributed by atoms with Crippen molar-refractivity contribution in [2.24, 2.45) is 0 Å². The van der Waals surface area contributed by atoms with Gasteiger partial charge in [0.1, 0.15) is 12.2 Å². The van der Waals surface area contributed by atoms with Gasteiger partial charge < -0.3 is 19.1 Å². The lowest BCUT2D eigenvalue weighted by atomic mass is 10.2. The zero-order valence-corrected chi connectivity index (χ0v) is 12.1. The molecule has 0 bridgehead atoms. The highest BCUT2D eigenvalue weighted by molar-refractivity contribution is 5.70. The zero-order valence-electron chi connectivity index (χ0n) is 12.1. The van der Waals surface area contributed by atoms with Gasteiger partial charge in [-0.25, -0.2) is 9.59 Å². The standard InChI is InChI=1S/C13H23NO5/c1-13(2,3)19-12(16)14-7-5-6-10(14)8-18-9-11(15)17-4/h10H,5-9H2,1-4H3. The number of nitrogens with zero attached hydrogens (tertiary/aromatic N) is 1. The van der Waals surface area contributed by atoms with Crippen molar-refractivity contribution in [1.82, 2.24) is 4.90 Å². The van der Waals surface area contributed by atoms with Gasteiger partial charge >= 0.3 is 12.1 Å². The van der Waals surface area contributed by atoms with Crippen molar-refractivity contribution < 1.29 is 23.8 Å². The fourth-order valence-corrected chi connectivity index (χ4v) is 1.91. The Bertz CT molecular complexity index is 323.